The fourth-order valence-electron chi connectivity index (χ4n) is 3.53. The molecule has 2 aromatic carbocycles. The molecule has 0 amide bonds. The smallest absolute Gasteiger partial charge is 0.321 e. The normalized spacial score (nSPS) is 27.6. The monoisotopic (exact) mass is 319 g/mol. The number of rotatable bonds is 1. The van der Waals surface area contributed by atoms with E-state index in [1.54, 1.807) is 6.07 Å². The second-order valence-electron chi connectivity index (χ2n) is 6.68. The summed E-state index contributed by atoms with van der Waals surface area (Å²) in [5.41, 5.74) is 8.20. The lowest BCUT2D eigenvalue weighted by Gasteiger charge is -2.42. The molecule has 0 spiro atoms. The maximum Gasteiger partial charge on any atom is 0.416 e. The van der Waals surface area contributed by atoms with Gasteiger partial charge in [-0.05, 0) is 42.0 Å². The third-order valence-corrected chi connectivity index (χ3v) is 5.15. The Kier molecular flexibility index (Phi) is 3.75. The minimum absolute atomic E-state index is 0.0554. The van der Waals surface area contributed by atoms with Crippen LogP contribution < -0.4 is 5.73 Å². The number of halogens is 3. The Morgan fingerprint density at radius 3 is 2.48 bits per heavy atom. The van der Waals surface area contributed by atoms with Crippen molar-refractivity contribution in [2.45, 2.75) is 37.9 Å². The van der Waals surface area contributed by atoms with Crippen LogP contribution in [0.25, 0.3) is 0 Å². The molecule has 0 aromatic heterocycles. The molecule has 0 saturated heterocycles. The van der Waals surface area contributed by atoms with Gasteiger partial charge in [-0.3, -0.25) is 0 Å². The van der Waals surface area contributed by atoms with Crippen molar-refractivity contribution in [3.05, 3.63) is 70.8 Å². The largest absolute Gasteiger partial charge is 0.416 e. The molecule has 0 saturated carbocycles. The summed E-state index contributed by atoms with van der Waals surface area (Å²) in [4.78, 5) is 0. The zero-order valence-electron chi connectivity index (χ0n) is 13.2. The molecule has 4 heteroatoms. The highest BCUT2D eigenvalue weighted by atomic mass is 19.4. The number of hydrogen-bond donors (Lipinski definition) is 1. The Hall–Kier alpha value is -1.81. The first-order valence-corrected chi connectivity index (χ1v) is 7.76. The minimum Gasteiger partial charge on any atom is -0.321 e. The predicted molar refractivity (Wildman–Crippen MR) is 85.0 cm³/mol. The van der Waals surface area contributed by atoms with Crippen LogP contribution in [0.15, 0.2) is 48.5 Å². The SMILES string of the molecule is CC1CC(c2cccc(C(F)(F)F)c2)c2ccccc2C1(C)N. The van der Waals surface area contributed by atoms with Crippen molar-refractivity contribution in [2.75, 3.05) is 0 Å². The second kappa shape index (κ2) is 5.38. The summed E-state index contributed by atoms with van der Waals surface area (Å²) in [6.07, 6.45) is -3.58. The molecule has 0 aliphatic heterocycles. The van der Waals surface area contributed by atoms with Crippen molar-refractivity contribution in [1.82, 2.24) is 0 Å². The van der Waals surface area contributed by atoms with Crippen molar-refractivity contribution in [2.24, 2.45) is 11.7 Å². The van der Waals surface area contributed by atoms with Gasteiger partial charge in [-0.1, -0.05) is 49.4 Å². The minimum atomic E-state index is -4.32. The van der Waals surface area contributed by atoms with Crippen LogP contribution in [0.1, 0.15) is 48.4 Å². The highest BCUT2D eigenvalue weighted by molar-refractivity contribution is 5.45. The molecule has 0 heterocycles. The van der Waals surface area contributed by atoms with Gasteiger partial charge < -0.3 is 5.73 Å². The van der Waals surface area contributed by atoms with Crippen LogP contribution in [0.2, 0.25) is 0 Å². The molecular weight excluding hydrogens is 299 g/mol. The average molecular weight is 319 g/mol. The maximum absolute atomic E-state index is 13.0. The summed E-state index contributed by atoms with van der Waals surface area (Å²) in [7, 11) is 0. The Labute approximate surface area is 134 Å². The molecule has 1 aliphatic rings. The van der Waals surface area contributed by atoms with Crippen molar-refractivity contribution in [3.8, 4) is 0 Å². The topological polar surface area (TPSA) is 26.0 Å². The van der Waals surface area contributed by atoms with E-state index in [-0.39, 0.29) is 11.8 Å². The predicted octanol–water partition coefficient (Wildman–Crippen LogP) is 5.05. The van der Waals surface area contributed by atoms with Crippen LogP contribution in [-0.4, -0.2) is 0 Å². The zero-order chi connectivity index (χ0) is 16.8. The van der Waals surface area contributed by atoms with Crippen molar-refractivity contribution >= 4 is 0 Å². The second-order valence-corrected chi connectivity index (χ2v) is 6.68. The fourth-order valence-corrected chi connectivity index (χ4v) is 3.53. The number of benzene rings is 2. The van der Waals surface area contributed by atoms with Crippen LogP contribution >= 0.6 is 0 Å². The van der Waals surface area contributed by atoms with Gasteiger partial charge >= 0.3 is 6.18 Å². The van der Waals surface area contributed by atoms with Crippen molar-refractivity contribution < 1.29 is 13.2 Å². The summed E-state index contributed by atoms with van der Waals surface area (Å²) in [5.74, 6) is 0.122. The molecule has 0 bridgehead atoms. The molecule has 0 fully saturated rings. The Morgan fingerprint density at radius 1 is 1.09 bits per heavy atom. The number of alkyl halides is 3. The zero-order valence-corrected chi connectivity index (χ0v) is 13.2. The summed E-state index contributed by atoms with van der Waals surface area (Å²) < 4.78 is 39.0. The molecule has 0 radical (unpaired) electrons. The summed E-state index contributed by atoms with van der Waals surface area (Å²) >= 11 is 0. The van der Waals surface area contributed by atoms with Crippen LogP contribution in [0.4, 0.5) is 13.2 Å². The highest BCUT2D eigenvalue weighted by Crippen LogP contribution is 2.46. The Morgan fingerprint density at radius 2 is 1.78 bits per heavy atom. The van der Waals surface area contributed by atoms with Gasteiger partial charge in [0.05, 0.1) is 5.56 Å². The van der Waals surface area contributed by atoms with E-state index in [0.29, 0.717) is 5.56 Å². The molecule has 2 N–H and O–H groups in total. The Bertz CT molecular complexity index is 719. The Balaban J connectivity index is 2.11. The number of hydrogen-bond acceptors (Lipinski definition) is 1. The van der Waals surface area contributed by atoms with Crippen LogP contribution in [0.5, 0.6) is 0 Å². The highest BCUT2D eigenvalue weighted by Gasteiger charge is 2.39. The van der Waals surface area contributed by atoms with E-state index in [1.807, 2.05) is 31.2 Å². The number of nitrogens with two attached hydrogens (primary N) is 1. The molecule has 3 rings (SSSR count). The van der Waals surface area contributed by atoms with Crippen molar-refractivity contribution in [1.29, 1.82) is 0 Å². The van der Waals surface area contributed by atoms with E-state index >= 15 is 0 Å². The average Bonchev–Trinajstić information content (AvgIpc) is 2.50. The molecule has 3 unspecified atom stereocenters. The molecular formula is C19H20F3N. The summed E-state index contributed by atoms with van der Waals surface area (Å²) in [6.45, 7) is 4.06. The first-order valence-electron chi connectivity index (χ1n) is 7.76. The third kappa shape index (κ3) is 2.76. The molecule has 2 aromatic rings. The van der Waals surface area contributed by atoms with Crippen LogP contribution in [-0.2, 0) is 11.7 Å². The first-order chi connectivity index (χ1) is 10.7. The van der Waals surface area contributed by atoms with E-state index in [1.165, 1.54) is 12.1 Å². The lowest BCUT2D eigenvalue weighted by molar-refractivity contribution is -0.137. The van der Waals surface area contributed by atoms with Crippen LogP contribution in [0, 0.1) is 5.92 Å². The molecule has 3 atom stereocenters. The third-order valence-electron chi connectivity index (χ3n) is 5.15. The van der Waals surface area contributed by atoms with E-state index in [4.69, 9.17) is 5.73 Å². The van der Waals surface area contributed by atoms with Crippen molar-refractivity contribution in [3.63, 3.8) is 0 Å². The first kappa shape index (κ1) is 16.1. The van der Waals surface area contributed by atoms with Gasteiger partial charge in [0.2, 0.25) is 0 Å². The lowest BCUT2D eigenvalue weighted by atomic mass is 9.66. The van der Waals surface area contributed by atoms with Gasteiger partial charge in [0.15, 0.2) is 0 Å². The quantitative estimate of drug-likeness (QED) is 0.782. The molecule has 1 aliphatic carbocycles. The van der Waals surface area contributed by atoms with E-state index in [0.717, 1.165) is 23.6 Å². The number of fused-ring (bicyclic) bond motifs is 1. The van der Waals surface area contributed by atoms with E-state index < -0.39 is 17.3 Å². The molecule has 122 valence electrons. The fraction of sp³-hybridized carbons (Fsp3) is 0.368. The van der Waals surface area contributed by atoms with Gasteiger partial charge in [-0.15, -0.1) is 0 Å². The van der Waals surface area contributed by atoms with Crippen LogP contribution in [0.3, 0.4) is 0 Å². The standard InChI is InChI=1S/C19H20F3N/c1-12-10-16(13-6-5-7-14(11-13)19(20,21)22)15-8-3-4-9-17(15)18(12,2)23/h3-9,11-12,16H,10,23H2,1-2H3. The van der Waals surface area contributed by atoms with Gasteiger partial charge in [0.25, 0.3) is 0 Å². The molecule has 1 nitrogen and oxygen atoms in total. The summed E-state index contributed by atoms with van der Waals surface area (Å²) in [6, 6.07) is 13.5. The summed E-state index contributed by atoms with van der Waals surface area (Å²) in [5, 5.41) is 0. The van der Waals surface area contributed by atoms with Gasteiger partial charge in [0.1, 0.15) is 0 Å². The van der Waals surface area contributed by atoms with Gasteiger partial charge in [0, 0.05) is 11.5 Å². The van der Waals surface area contributed by atoms with Gasteiger partial charge in [-0.25, -0.2) is 0 Å². The van der Waals surface area contributed by atoms with Gasteiger partial charge in [-0.2, -0.15) is 13.2 Å². The lowest BCUT2D eigenvalue weighted by Crippen LogP contribution is -2.44. The maximum atomic E-state index is 13.0. The van der Waals surface area contributed by atoms with E-state index in [2.05, 4.69) is 6.92 Å². The van der Waals surface area contributed by atoms with E-state index in [9.17, 15) is 13.2 Å². The molecule has 23 heavy (non-hydrogen) atoms.